The summed E-state index contributed by atoms with van der Waals surface area (Å²) in [6, 6.07) is 2.83. The molecular weight excluding hydrogens is 276 g/mol. The molecule has 0 aliphatic heterocycles. The Kier molecular flexibility index (Phi) is 3.54. The van der Waals surface area contributed by atoms with E-state index in [-0.39, 0.29) is 17.3 Å². The Hall–Kier alpha value is -1.59. The van der Waals surface area contributed by atoms with Crippen molar-refractivity contribution in [3.05, 3.63) is 44.5 Å². The fraction of sp³-hybridized carbons (Fsp3) is 0.167. The standard InChI is InChI=1S/C12H9ClO4S/c1-6-5-18-11(9(6)13)10(14)7-3-4-8(17-7)12(15)16-2/h3-5H,1-2H3. The van der Waals surface area contributed by atoms with Gasteiger partial charge in [0.2, 0.25) is 11.5 Å². The number of carbonyl (C=O) groups is 2. The number of ketones is 1. The summed E-state index contributed by atoms with van der Waals surface area (Å²) in [4.78, 5) is 23.7. The molecule has 18 heavy (non-hydrogen) atoms. The molecule has 0 bridgehead atoms. The summed E-state index contributed by atoms with van der Waals surface area (Å²) in [6.45, 7) is 1.82. The number of hydrogen-bond donors (Lipinski definition) is 0. The van der Waals surface area contributed by atoms with Gasteiger partial charge in [-0.2, -0.15) is 0 Å². The molecule has 0 unspecified atom stereocenters. The lowest BCUT2D eigenvalue weighted by molar-refractivity contribution is 0.0563. The number of aryl methyl sites for hydroxylation is 1. The molecule has 0 saturated heterocycles. The maximum atomic E-state index is 12.1. The van der Waals surface area contributed by atoms with Crippen molar-refractivity contribution in [3.8, 4) is 0 Å². The van der Waals surface area contributed by atoms with Crippen LogP contribution in [0.5, 0.6) is 0 Å². The van der Waals surface area contributed by atoms with Crippen molar-refractivity contribution in [2.45, 2.75) is 6.92 Å². The molecule has 0 radical (unpaired) electrons. The highest BCUT2D eigenvalue weighted by atomic mass is 35.5. The molecule has 0 aliphatic carbocycles. The van der Waals surface area contributed by atoms with Gasteiger partial charge < -0.3 is 9.15 Å². The summed E-state index contributed by atoms with van der Waals surface area (Å²) in [6.07, 6.45) is 0. The first kappa shape index (κ1) is 12.9. The van der Waals surface area contributed by atoms with Gasteiger partial charge in [0, 0.05) is 0 Å². The third kappa shape index (κ3) is 2.19. The zero-order chi connectivity index (χ0) is 13.3. The van der Waals surface area contributed by atoms with E-state index in [1.165, 1.54) is 30.6 Å². The van der Waals surface area contributed by atoms with Gasteiger partial charge in [-0.05, 0) is 30.0 Å². The minimum atomic E-state index is -0.623. The second kappa shape index (κ2) is 4.96. The van der Waals surface area contributed by atoms with E-state index in [2.05, 4.69) is 4.74 Å². The van der Waals surface area contributed by atoms with Crippen LogP contribution >= 0.6 is 22.9 Å². The molecule has 4 nitrogen and oxygen atoms in total. The number of thiophene rings is 1. The molecule has 0 aliphatic rings. The molecule has 0 amide bonds. The lowest BCUT2D eigenvalue weighted by Crippen LogP contribution is -2.00. The highest BCUT2D eigenvalue weighted by molar-refractivity contribution is 7.13. The van der Waals surface area contributed by atoms with E-state index in [9.17, 15) is 9.59 Å². The normalized spacial score (nSPS) is 10.4. The number of rotatable bonds is 3. The second-order valence-corrected chi connectivity index (χ2v) is 4.80. The van der Waals surface area contributed by atoms with Gasteiger partial charge in [-0.25, -0.2) is 4.79 Å². The molecule has 0 aromatic carbocycles. The van der Waals surface area contributed by atoms with Gasteiger partial charge in [0.25, 0.3) is 0 Å². The molecule has 94 valence electrons. The van der Waals surface area contributed by atoms with E-state index in [0.717, 1.165) is 5.56 Å². The van der Waals surface area contributed by atoms with Crippen LogP contribution in [0.3, 0.4) is 0 Å². The Morgan fingerprint density at radius 1 is 1.33 bits per heavy atom. The maximum Gasteiger partial charge on any atom is 0.373 e. The number of methoxy groups -OCH3 is 1. The van der Waals surface area contributed by atoms with Crippen molar-refractivity contribution in [3.63, 3.8) is 0 Å². The Bertz CT molecular complexity index is 611. The first-order valence-corrected chi connectivity index (χ1v) is 6.26. The van der Waals surface area contributed by atoms with Gasteiger partial charge in [-0.1, -0.05) is 11.6 Å². The molecule has 2 heterocycles. The molecule has 2 rings (SSSR count). The second-order valence-electron chi connectivity index (χ2n) is 3.55. The van der Waals surface area contributed by atoms with Crippen LogP contribution in [-0.4, -0.2) is 18.9 Å². The van der Waals surface area contributed by atoms with Crippen molar-refractivity contribution in [2.24, 2.45) is 0 Å². The minimum Gasteiger partial charge on any atom is -0.463 e. The Labute approximate surface area is 112 Å². The molecule has 6 heteroatoms. The molecule has 2 aromatic heterocycles. The van der Waals surface area contributed by atoms with Crippen LogP contribution in [0.2, 0.25) is 5.02 Å². The summed E-state index contributed by atoms with van der Waals surface area (Å²) in [5.41, 5.74) is 0.838. The van der Waals surface area contributed by atoms with Crippen LogP contribution in [0.15, 0.2) is 21.9 Å². The average Bonchev–Trinajstić information content (AvgIpc) is 2.97. The lowest BCUT2D eigenvalue weighted by Gasteiger charge is -1.96. The summed E-state index contributed by atoms with van der Waals surface area (Å²) in [7, 11) is 1.24. The maximum absolute atomic E-state index is 12.1. The quantitative estimate of drug-likeness (QED) is 0.641. The largest absolute Gasteiger partial charge is 0.463 e. The van der Waals surface area contributed by atoms with Crippen molar-refractivity contribution < 1.29 is 18.7 Å². The molecule has 2 aromatic rings. The van der Waals surface area contributed by atoms with Crippen LogP contribution in [0.4, 0.5) is 0 Å². The van der Waals surface area contributed by atoms with Gasteiger partial charge in [0.15, 0.2) is 5.76 Å². The summed E-state index contributed by atoms with van der Waals surface area (Å²) in [5, 5.41) is 2.21. The lowest BCUT2D eigenvalue weighted by atomic mass is 10.2. The molecular formula is C12H9ClO4S. The van der Waals surface area contributed by atoms with Gasteiger partial charge in [0.05, 0.1) is 17.0 Å². The van der Waals surface area contributed by atoms with E-state index in [1.54, 1.807) is 5.38 Å². The Morgan fingerprint density at radius 3 is 2.56 bits per heavy atom. The predicted octanol–water partition coefficient (Wildman–Crippen LogP) is 3.32. The van der Waals surface area contributed by atoms with E-state index in [4.69, 9.17) is 16.0 Å². The third-order valence-corrected chi connectivity index (χ3v) is 4.02. The molecule has 0 saturated carbocycles. The zero-order valence-electron chi connectivity index (χ0n) is 9.65. The molecule has 0 spiro atoms. The van der Waals surface area contributed by atoms with Crippen LogP contribution < -0.4 is 0 Å². The highest BCUT2D eigenvalue weighted by Crippen LogP contribution is 2.29. The van der Waals surface area contributed by atoms with E-state index in [1.807, 2.05) is 6.92 Å². The predicted molar refractivity (Wildman–Crippen MR) is 67.5 cm³/mol. The zero-order valence-corrected chi connectivity index (χ0v) is 11.2. The summed E-state index contributed by atoms with van der Waals surface area (Å²) in [5.74, 6) is -0.903. The van der Waals surface area contributed by atoms with Crippen LogP contribution in [0, 0.1) is 6.92 Å². The average molecular weight is 285 g/mol. The monoisotopic (exact) mass is 284 g/mol. The van der Waals surface area contributed by atoms with Crippen LogP contribution in [0.25, 0.3) is 0 Å². The fourth-order valence-corrected chi connectivity index (χ4v) is 2.59. The van der Waals surface area contributed by atoms with Gasteiger partial charge >= 0.3 is 5.97 Å². The number of halogens is 1. The first-order valence-electron chi connectivity index (χ1n) is 5.01. The topological polar surface area (TPSA) is 56.5 Å². The highest BCUT2D eigenvalue weighted by Gasteiger charge is 2.21. The minimum absolute atomic E-state index is 0.00903. The van der Waals surface area contributed by atoms with Gasteiger partial charge in [-0.15, -0.1) is 11.3 Å². The van der Waals surface area contributed by atoms with Crippen LogP contribution in [-0.2, 0) is 4.74 Å². The molecule has 0 fully saturated rings. The van der Waals surface area contributed by atoms with E-state index < -0.39 is 5.97 Å². The van der Waals surface area contributed by atoms with Crippen molar-refractivity contribution in [1.82, 2.24) is 0 Å². The van der Waals surface area contributed by atoms with Gasteiger partial charge in [-0.3, -0.25) is 4.79 Å². The Morgan fingerprint density at radius 2 is 2.00 bits per heavy atom. The van der Waals surface area contributed by atoms with E-state index >= 15 is 0 Å². The van der Waals surface area contributed by atoms with E-state index in [0.29, 0.717) is 9.90 Å². The van der Waals surface area contributed by atoms with Crippen molar-refractivity contribution in [1.29, 1.82) is 0 Å². The summed E-state index contributed by atoms with van der Waals surface area (Å²) >= 11 is 7.25. The summed E-state index contributed by atoms with van der Waals surface area (Å²) < 4.78 is 9.64. The van der Waals surface area contributed by atoms with Crippen molar-refractivity contribution in [2.75, 3.05) is 7.11 Å². The molecule has 0 N–H and O–H groups in total. The first-order chi connectivity index (χ1) is 8.54. The van der Waals surface area contributed by atoms with Gasteiger partial charge in [0.1, 0.15) is 0 Å². The number of furan rings is 1. The van der Waals surface area contributed by atoms with Crippen LogP contribution in [0.1, 0.15) is 31.6 Å². The number of esters is 1. The third-order valence-electron chi connectivity index (χ3n) is 2.32. The number of carbonyl (C=O) groups excluding carboxylic acids is 2. The van der Waals surface area contributed by atoms with Crippen molar-refractivity contribution >= 4 is 34.7 Å². The number of hydrogen-bond acceptors (Lipinski definition) is 5. The smallest absolute Gasteiger partial charge is 0.373 e. The Balaban J connectivity index is 2.32. The number of ether oxygens (including phenoxy) is 1. The SMILES string of the molecule is COC(=O)c1ccc(C(=O)c2scc(C)c2Cl)o1. The molecule has 0 atom stereocenters. The fourth-order valence-electron chi connectivity index (χ4n) is 1.37.